The number of nitrogen functional groups attached to an aromatic ring is 1. The normalized spacial score (nSPS) is 11.9. The van der Waals surface area contributed by atoms with Gasteiger partial charge in [0.05, 0.1) is 29.8 Å². The molecule has 0 unspecified atom stereocenters. The van der Waals surface area contributed by atoms with E-state index in [1.54, 1.807) is 19.2 Å². The van der Waals surface area contributed by atoms with Gasteiger partial charge in [-0.3, -0.25) is 4.72 Å². The maximum atomic E-state index is 11.5. The van der Waals surface area contributed by atoms with E-state index >= 15 is 0 Å². The Hall–Kier alpha value is -2.75. The van der Waals surface area contributed by atoms with Gasteiger partial charge >= 0.3 is 0 Å². The molecule has 1 heterocycles. The molecule has 32 heavy (non-hydrogen) atoms. The van der Waals surface area contributed by atoms with Crippen LogP contribution in [0.4, 0.5) is 11.4 Å². The number of ether oxygens (including phenoxy) is 2. The van der Waals surface area contributed by atoms with Crippen molar-refractivity contribution in [3.05, 3.63) is 42.5 Å². The van der Waals surface area contributed by atoms with Crippen molar-refractivity contribution in [1.82, 2.24) is 9.47 Å². The summed E-state index contributed by atoms with van der Waals surface area (Å²) in [6.45, 7) is 5.73. The van der Waals surface area contributed by atoms with Crippen molar-refractivity contribution >= 4 is 32.3 Å². The number of aromatic nitrogens is 1. The van der Waals surface area contributed by atoms with Gasteiger partial charge < -0.3 is 24.7 Å². The van der Waals surface area contributed by atoms with Gasteiger partial charge in [-0.05, 0) is 38.2 Å². The van der Waals surface area contributed by atoms with Gasteiger partial charge in [-0.2, -0.15) is 0 Å². The predicted octanol–water partition coefficient (Wildman–Crippen LogP) is 3.24. The lowest BCUT2D eigenvalue weighted by molar-refractivity contribution is 0.150. The Kier molecular flexibility index (Phi) is 7.65. The molecular weight excluding hydrogens is 428 g/mol. The van der Waals surface area contributed by atoms with Crippen molar-refractivity contribution in [1.29, 1.82) is 0 Å². The summed E-state index contributed by atoms with van der Waals surface area (Å²) in [6, 6.07) is 13.2. The Bertz CT molecular complexity index is 1160. The highest BCUT2D eigenvalue weighted by molar-refractivity contribution is 7.92. The van der Waals surface area contributed by atoms with Crippen molar-refractivity contribution in [2.75, 3.05) is 57.2 Å². The first-order valence-electron chi connectivity index (χ1n) is 10.5. The average Bonchev–Trinajstić information content (AvgIpc) is 3.03. The molecule has 174 valence electrons. The van der Waals surface area contributed by atoms with Gasteiger partial charge in [-0.25, -0.2) is 8.42 Å². The van der Waals surface area contributed by atoms with Gasteiger partial charge in [0, 0.05) is 49.4 Å². The molecular formula is C23H32N4O4S. The topological polar surface area (TPSA) is 98.8 Å². The number of nitrogens with zero attached hydrogens (tertiary/aromatic N) is 2. The number of hydrogen-bond acceptors (Lipinski definition) is 6. The maximum absolute atomic E-state index is 11.5. The highest BCUT2D eigenvalue weighted by Gasteiger charge is 2.17. The Labute approximate surface area is 190 Å². The zero-order valence-corrected chi connectivity index (χ0v) is 19.9. The van der Waals surface area contributed by atoms with Gasteiger partial charge in [0.1, 0.15) is 12.4 Å². The summed E-state index contributed by atoms with van der Waals surface area (Å²) < 4.78 is 38.6. The molecule has 8 nitrogen and oxygen atoms in total. The minimum Gasteiger partial charge on any atom is -0.492 e. The minimum atomic E-state index is -3.32. The van der Waals surface area contributed by atoms with Crippen LogP contribution >= 0.6 is 0 Å². The Balaban J connectivity index is 1.85. The molecule has 0 aliphatic carbocycles. The molecule has 0 saturated carbocycles. The zero-order valence-electron chi connectivity index (χ0n) is 19.1. The predicted molar refractivity (Wildman–Crippen MR) is 131 cm³/mol. The first-order chi connectivity index (χ1) is 15.2. The zero-order chi connectivity index (χ0) is 23.3. The second-order valence-electron chi connectivity index (χ2n) is 7.78. The highest BCUT2D eigenvalue weighted by atomic mass is 32.2. The van der Waals surface area contributed by atoms with Crippen molar-refractivity contribution in [2.24, 2.45) is 0 Å². The monoisotopic (exact) mass is 460 g/mol. The standard InChI is InChI=1S/C23H32N4O4S/c1-5-27-21-16-19(31-15-13-26(2)12-14-30-3)10-11-20(21)22(24)23(27)17-6-8-18(9-7-17)25-32(4,28)29/h6-11,16,25H,5,12-15,24H2,1-4H3. The summed E-state index contributed by atoms with van der Waals surface area (Å²) >= 11 is 0. The molecule has 9 heteroatoms. The van der Waals surface area contributed by atoms with Crippen LogP contribution in [0.3, 0.4) is 0 Å². The van der Waals surface area contributed by atoms with Crippen LogP contribution in [0.15, 0.2) is 42.5 Å². The van der Waals surface area contributed by atoms with Gasteiger partial charge in [0.25, 0.3) is 0 Å². The van der Waals surface area contributed by atoms with Gasteiger partial charge in [-0.15, -0.1) is 0 Å². The first kappa shape index (κ1) is 23.9. The van der Waals surface area contributed by atoms with Gasteiger partial charge in [0.2, 0.25) is 10.0 Å². The third kappa shape index (κ3) is 5.73. The summed E-state index contributed by atoms with van der Waals surface area (Å²) in [5.41, 5.74) is 10.6. The lowest BCUT2D eigenvalue weighted by Gasteiger charge is -2.16. The van der Waals surface area contributed by atoms with Crippen LogP contribution in [-0.4, -0.2) is 64.6 Å². The van der Waals surface area contributed by atoms with E-state index in [0.29, 0.717) is 24.6 Å². The molecule has 0 aliphatic heterocycles. The third-order valence-electron chi connectivity index (χ3n) is 5.27. The number of likely N-dealkylation sites (N-methyl/N-ethyl adjacent to an activating group) is 1. The van der Waals surface area contributed by atoms with Crippen LogP contribution in [0.1, 0.15) is 6.92 Å². The van der Waals surface area contributed by atoms with Crippen LogP contribution in [0.2, 0.25) is 0 Å². The third-order valence-corrected chi connectivity index (χ3v) is 5.88. The van der Waals surface area contributed by atoms with Crippen molar-refractivity contribution < 1.29 is 17.9 Å². The number of benzene rings is 2. The van der Waals surface area contributed by atoms with Crippen molar-refractivity contribution in [2.45, 2.75) is 13.5 Å². The Morgan fingerprint density at radius 1 is 1.09 bits per heavy atom. The number of hydrogen-bond donors (Lipinski definition) is 2. The molecule has 0 saturated heterocycles. The number of nitrogens with one attached hydrogen (secondary N) is 1. The molecule has 0 atom stereocenters. The molecule has 0 radical (unpaired) electrons. The van der Waals surface area contributed by atoms with Crippen molar-refractivity contribution in [3.63, 3.8) is 0 Å². The lowest BCUT2D eigenvalue weighted by atomic mass is 10.1. The van der Waals surface area contributed by atoms with Gasteiger partial charge in [0.15, 0.2) is 0 Å². The number of nitrogens with two attached hydrogens (primary N) is 1. The van der Waals surface area contributed by atoms with E-state index in [1.165, 1.54) is 0 Å². The van der Waals surface area contributed by atoms with E-state index in [9.17, 15) is 8.42 Å². The highest BCUT2D eigenvalue weighted by Crippen LogP contribution is 2.38. The van der Waals surface area contributed by atoms with Crippen LogP contribution in [0, 0.1) is 0 Å². The number of rotatable bonds is 11. The molecule has 0 aliphatic rings. The molecule has 0 amide bonds. The average molecular weight is 461 g/mol. The summed E-state index contributed by atoms with van der Waals surface area (Å²) in [4.78, 5) is 2.16. The molecule has 3 rings (SSSR count). The summed E-state index contributed by atoms with van der Waals surface area (Å²) in [6.07, 6.45) is 1.13. The number of aryl methyl sites for hydroxylation is 1. The largest absolute Gasteiger partial charge is 0.492 e. The Morgan fingerprint density at radius 2 is 1.78 bits per heavy atom. The molecule has 0 fully saturated rings. The van der Waals surface area contributed by atoms with Crippen LogP contribution in [-0.2, 0) is 21.3 Å². The van der Waals surface area contributed by atoms with E-state index in [0.717, 1.165) is 53.8 Å². The van der Waals surface area contributed by atoms with Crippen LogP contribution in [0.25, 0.3) is 22.2 Å². The molecule has 1 aromatic heterocycles. The fraction of sp³-hybridized carbons (Fsp3) is 0.391. The number of anilines is 2. The Morgan fingerprint density at radius 3 is 2.41 bits per heavy atom. The van der Waals surface area contributed by atoms with E-state index in [2.05, 4.69) is 21.1 Å². The number of methoxy groups -OCH3 is 1. The van der Waals surface area contributed by atoms with E-state index in [4.69, 9.17) is 15.2 Å². The molecule has 0 bridgehead atoms. The second-order valence-corrected chi connectivity index (χ2v) is 9.53. The molecule has 3 aromatic rings. The summed E-state index contributed by atoms with van der Waals surface area (Å²) in [7, 11) is 0.415. The fourth-order valence-electron chi connectivity index (χ4n) is 3.67. The first-order valence-corrected chi connectivity index (χ1v) is 12.4. The summed E-state index contributed by atoms with van der Waals surface area (Å²) in [5, 5.41) is 0.963. The maximum Gasteiger partial charge on any atom is 0.229 e. The molecule has 3 N–H and O–H groups in total. The number of fused-ring (bicyclic) bond motifs is 1. The van der Waals surface area contributed by atoms with Crippen LogP contribution < -0.4 is 15.2 Å². The van der Waals surface area contributed by atoms with Crippen LogP contribution in [0.5, 0.6) is 5.75 Å². The summed E-state index contributed by atoms with van der Waals surface area (Å²) in [5.74, 6) is 0.795. The quantitative estimate of drug-likeness (QED) is 0.456. The SMILES string of the molecule is CCn1c(-c2ccc(NS(C)(=O)=O)cc2)c(N)c2ccc(OCCN(C)CCOC)cc21. The number of sulfonamides is 1. The van der Waals surface area contributed by atoms with E-state index in [-0.39, 0.29) is 0 Å². The second kappa shape index (κ2) is 10.2. The van der Waals surface area contributed by atoms with Gasteiger partial charge in [-0.1, -0.05) is 12.1 Å². The fourth-order valence-corrected chi connectivity index (χ4v) is 4.24. The minimum absolute atomic E-state index is 0.514. The van der Waals surface area contributed by atoms with E-state index < -0.39 is 10.0 Å². The molecule has 2 aromatic carbocycles. The smallest absolute Gasteiger partial charge is 0.229 e. The molecule has 0 spiro atoms. The van der Waals surface area contributed by atoms with Crippen molar-refractivity contribution in [3.8, 4) is 17.0 Å². The van der Waals surface area contributed by atoms with E-state index in [1.807, 2.05) is 37.4 Å². The lowest BCUT2D eigenvalue weighted by Crippen LogP contribution is -2.27.